The molecule has 0 radical (unpaired) electrons. The second-order valence-electron chi connectivity index (χ2n) is 2.52. The van der Waals surface area contributed by atoms with E-state index in [0.717, 1.165) is 0 Å². The maximum Gasteiger partial charge on any atom is 0.173 e. The SMILES string of the molecule is NC[C@H](O)c1ccc(Br)c(F)c1F. The van der Waals surface area contributed by atoms with Gasteiger partial charge in [-0.2, -0.15) is 0 Å². The molecule has 1 aromatic rings. The summed E-state index contributed by atoms with van der Waals surface area (Å²) in [4.78, 5) is 0. The Bertz CT molecular complexity index is 319. The Morgan fingerprint density at radius 2 is 2.00 bits per heavy atom. The number of nitrogens with two attached hydrogens (primary N) is 1. The van der Waals surface area contributed by atoms with Crippen molar-refractivity contribution in [3.63, 3.8) is 0 Å². The lowest BCUT2D eigenvalue weighted by molar-refractivity contribution is 0.180. The summed E-state index contributed by atoms with van der Waals surface area (Å²) in [5.74, 6) is -2.07. The van der Waals surface area contributed by atoms with Gasteiger partial charge in [0.25, 0.3) is 0 Å². The van der Waals surface area contributed by atoms with Gasteiger partial charge in [0.05, 0.1) is 10.6 Å². The molecular weight excluding hydrogens is 244 g/mol. The number of benzene rings is 1. The Morgan fingerprint density at radius 3 is 2.54 bits per heavy atom. The Hall–Kier alpha value is -0.520. The van der Waals surface area contributed by atoms with E-state index in [4.69, 9.17) is 5.73 Å². The number of halogens is 3. The molecule has 0 saturated carbocycles. The average molecular weight is 252 g/mol. The van der Waals surface area contributed by atoms with E-state index in [1.807, 2.05) is 0 Å². The monoisotopic (exact) mass is 251 g/mol. The van der Waals surface area contributed by atoms with Crippen molar-refractivity contribution in [2.75, 3.05) is 6.54 Å². The molecule has 13 heavy (non-hydrogen) atoms. The standard InChI is InChI=1S/C8H8BrF2NO/c9-5-2-1-4(6(13)3-12)7(10)8(5)11/h1-2,6,13H,3,12H2/t6-/m0/s1. The second-order valence-corrected chi connectivity index (χ2v) is 3.37. The predicted octanol–water partition coefficient (Wildman–Crippen LogP) is 1.72. The molecule has 1 rings (SSSR count). The Balaban J connectivity index is 3.18. The van der Waals surface area contributed by atoms with E-state index < -0.39 is 17.7 Å². The molecule has 0 saturated heterocycles. The minimum atomic E-state index is -1.16. The van der Waals surface area contributed by atoms with Gasteiger partial charge in [-0.15, -0.1) is 0 Å². The summed E-state index contributed by atoms with van der Waals surface area (Å²) < 4.78 is 26.0. The quantitative estimate of drug-likeness (QED) is 0.787. The van der Waals surface area contributed by atoms with Crippen LogP contribution in [0.25, 0.3) is 0 Å². The molecule has 0 fully saturated rings. The van der Waals surface area contributed by atoms with Crippen molar-refractivity contribution in [1.82, 2.24) is 0 Å². The fourth-order valence-electron chi connectivity index (χ4n) is 0.925. The van der Waals surface area contributed by atoms with Crippen LogP contribution in [0.5, 0.6) is 0 Å². The molecule has 0 aliphatic rings. The van der Waals surface area contributed by atoms with Crippen LogP contribution in [0.15, 0.2) is 16.6 Å². The van der Waals surface area contributed by atoms with Gasteiger partial charge >= 0.3 is 0 Å². The molecule has 0 unspecified atom stereocenters. The van der Waals surface area contributed by atoms with E-state index in [1.165, 1.54) is 12.1 Å². The van der Waals surface area contributed by atoms with E-state index in [1.54, 1.807) is 0 Å². The van der Waals surface area contributed by atoms with E-state index >= 15 is 0 Å². The molecule has 0 bridgehead atoms. The van der Waals surface area contributed by atoms with Crippen molar-refractivity contribution in [3.05, 3.63) is 33.8 Å². The number of hydrogen-bond acceptors (Lipinski definition) is 2. The van der Waals surface area contributed by atoms with E-state index in [-0.39, 0.29) is 16.6 Å². The summed E-state index contributed by atoms with van der Waals surface area (Å²) in [6, 6.07) is 2.62. The van der Waals surface area contributed by atoms with Gasteiger partial charge in [0.2, 0.25) is 0 Å². The maximum atomic E-state index is 13.1. The highest BCUT2D eigenvalue weighted by Crippen LogP contribution is 2.24. The summed E-state index contributed by atoms with van der Waals surface area (Å²) in [5, 5.41) is 9.18. The fraction of sp³-hybridized carbons (Fsp3) is 0.250. The number of aliphatic hydroxyl groups is 1. The van der Waals surface area contributed by atoms with Crippen molar-refractivity contribution < 1.29 is 13.9 Å². The summed E-state index contributed by atoms with van der Waals surface area (Å²) in [5.41, 5.74) is 4.99. The molecule has 0 spiro atoms. The topological polar surface area (TPSA) is 46.2 Å². The Morgan fingerprint density at radius 1 is 1.38 bits per heavy atom. The van der Waals surface area contributed by atoms with Crippen molar-refractivity contribution in [3.8, 4) is 0 Å². The summed E-state index contributed by atoms with van der Waals surface area (Å²) in [6.45, 7) is -0.141. The van der Waals surface area contributed by atoms with Gasteiger partial charge < -0.3 is 10.8 Å². The van der Waals surface area contributed by atoms with Gasteiger partial charge in [-0.1, -0.05) is 6.07 Å². The highest BCUT2D eigenvalue weighted by molar-refractivity contribution is 9.10. The van der Waals surface area contributed by atoms with Crippen molar-refractivity contribution in [2.24, 2.45) is 5.73 Å². The highest BCUT2D eigenvalue weighted by Gasteiger charge is 2.16. The zero-order valence-corrected chi connectivity index (χ0v) is 8.18. The maximum absolute atomic E-state index is 13.1. The van der Waals surface area contributed by atoms with Crippen LogP contribution in [0.2, 0.25) is 0 Å². The first kappa shape index (κ1) is 10.6. The molecule has 5 heteroatoms. The molecule has 0 aromatic heterocycles. The van der Waals surface area contributed by atoms with Gasteiger partial charge in [0, 0.05) is 12.1 Å². The number of rotatable bonds is 2. The molecule has 3 N–H and O–H groups in total. The highest BCUT2D eigenvalue weighted by atomic mass is 79.9. The molecule has 0 aliphatic heterocycles. The van der Waals surface area contributed by atoms with Crippen LogP contribution in [0.3, 0.4) is 0 Å². The first-order valence-electron chi connectivity index (χ1n) is 3.59. The van der Waals surface area contributed by atoms with Gasteiger partial charge in [0.15, 0.2) is 11.6 Å². The van der Waals surface area contributed by atoms with Crippen LogP contribution in [0.4, 0.5) is 8.78 Å². The minimum absolute atomic E-state index is 0.0259. The largest absolute Gasteiger partial charge is 0.387 e. The van der Waals surface area contributed by atoms with Crippen LogP contribution in [-0.2, 0) is 0 Å². The minimum Gasteiger partial charge on any atom is -0.387 e. The molecule has 1 atom stereocenters. The van der Waals surface area contributed by atoms with Crippen molar-refractivity contribution in [2.45, 2.75) is 6.10 Å². The van der Waals surface area contributed by atoms with E-state index in [9.17, 15) is 13.9 Å². The van der Waals surface area contributed by atoms with Gasteiger partial charge in [-0.25, -0.2) is 8.78 Å². The van der Waals surface area contributed by atoms with Gasteiger partial charge in [0.1, 0.15) is 0 Å². The number of hydrogen-bond donors (Lipinski definition) is 2. The molecule has 72 valence electrons. The molecule has 1 aromatic carbocycles. The number of aliphatic hydroxyl groups excluding tert-OH is 1. The predicted molar refractivity (Wildman–Crippen MR) is 48.1 cm³/mol. The Kier molecular flexibility index (Phi) is 3.35. The Labute approximate surface area is 82.5 Å². The van der Waals surface area contributed by atoms with Crippen molar-refractivity contribution in [1.29, 1.82) is 0 Å². The third kappa shape index (κ3) is 2.04. The molecule has 0 heterocycles. The van der Waals surface area contributed by atoms with E-state index in [2.05, 4.69) is 15.9 Å². The first-order chi connectivity index (χ1) is 6.07. The molecule has 2 nitrogen and oxygen atoms in total. The van der Waals surface area contributed by atoms with E-state index in [0.29, 0.717) is 0 Å². The first-order valence-corrected chi connectivity index (χ1v) is 4.38. The summed E-state index contributed by atoms with van der Waals surface area (Å²) in [6.07, 6.45) is -1.16. The third-order valence-electron chi connectivity index (χ3n) is 1.65. The lowest BCUT2D eigenvalue weighted by Crippen LogP contribution is -2.13. The zero-order chi connectivity index (χ0) is 10.0. The third-order valence-corrected chi connectivity index (χ3v) is 2.26. The van der Waals surface area contributed by atoms with Crippen LogP contribution in [0, 0.1) is 11.6 Å². The van der Waals surface area contributed by atoms with Crippen LogP contribution in [0.1, 0.15) is 11.7 Å². The van der Waals surface area contributed by atoms with Gasteiger partial charge in [-0.3, -0.25) is 0 Å². The lowest BCUT2D eigenvalue weighted by Gasteiger charge is -2.09. The molecular formula is C8H8BrF2NO. The zero-order valence-electron chi connectivity index (χ0n) is 6.60. The van der Waals surface area contributed by atoms with Crippen LogP contribution in [-0.4, -0.2) is 11.7 Å². The average Bonchev–Trinajstić information content (AvgIpc) is 2.13. The van der Waals surface area contributed by atoms with Gasteiger partial charge in [-0.05, 0) is 22.0 Å². The van der Waals surface area contributed by atoms with Crippen LogP contribution < -0.4 is 5.73 Å². The summed E-state index contributed by atoms with van der Waals surface area (Å²) in [7, 11) is 0. The molecule has 0 aliphatic carbocycles. The second kappa shape index (κ2) is 4.13. The lowest BCUT2D eigenvalue weighted by atomic mass is 10.1. The van der Waals surface area contributed by atoms with Crippen LogP contribution >= 0.6 is 15.9 Å². The van der Waals surface area contributed by atoms with Crippen molar-refractivity contribution >= 4 is 15.9 Å². The fourth-order valence-corrected chi connectivity index (χ4v) is 1.23. The normalized spacial score (nSPS) is 13.0. The summed E-state index contributed by atoms with van der Waals surface area (Å²) >= 11 is 2.82. The molecule has 0 amide bonds. The smallest absolute Gasteiger partial charge is 0.173 e.